The lowest BCUT2D eigenvalue weighted by Gasteiger charge is -2.13. The number of imide groups is 1. The molecule has 0 radical (unpaired) electrons. The Kier molecular flexibility index (Phi) is 7.23. The molecule has 0 bridgehead atoms. The van der Waals surface area contributed by atoms with Crippen LogP contribution in [0.5, 0.6) is 0 Å². The van der Waals surface area contributed by atoms with Gasteiger partial charge in [0.05, 0.1) is 22.0 Å². The van der Waals surface area contributed by atoms with Gasteiger partial charge in [-0.25, -0.2) is 9.37 Å². The minimum Gasteiger partial charge on any atom is -0.354 e. The molecule has 1 aromatic heterocycles. The third-order valence-corrected chi connectivity index (χ3v) is 7.03. The van der Waals surface area contributed by atoms with Gasteiger partial charge in [-0.05, 0) is 49.4 Å². The van der Waals surface area contributed by atoms with Crippen LogP contribution >= 0.6 is 23.1 Å². The Morgan fingerprint density at radius 3 is 2.50 bits per heavy atom. The first-order valence-corrected chi connectivity index (χ1v) is 12.2. The molecule has 0 atom stereocenters. The monoisotopic (exact) mass is 495 g/mol. The molecule has 174 valence electrons. The van der Waals surface area contributed by atoms with E-state index in [4.69, 9.17) is 0 Å². The van der Waals surface area contributed by atoms with Gasteiger partial charge >= 0.3 is 0 Å². The molecule has 9 heteroatoms. The molecule has 34 heavy (non-hydrogen) atoms. The lowest BCUT2D eigenvalue weighted by molar-refractivity contribution is -0.124. The first-order chi connectivity index (χ1) is 16.3. The van der Waals surface area contributed by atoms with Gasteiger partial charge in [-0.15, -0.1) is 11.3 Å². The summed E-state index contributed by atoms with van der Waals surface area (Å²) in [6.07, 6.45) is 1.72. The second-order valence-corrected chi connectivity index (χ2v) is 10.1. The van der Waals surface area contributed by atoms with Gasteiger partial charge in [-0.3, -0.25) is 19.3 Å². The SMILES string of the molecule is Cc1ccc(-c2nc(C)sc2CC(=O)NCCN2C(=O)S/C(=C/c3ccc(F)cc3)C2=O)cc1. The van der Waals surface area contributed by atoms with E-state index in [0.717, 1.165) is 43.4 Å². The normalized spacial score (nSPS) is 14.8. The first kappa shape index (κ1) is 23.8. The maximum atomic E-state index is 13.1. The maximum absolute atomic E-state index is 13.1. The quantitative estimate of drug-likeness (QED) is 0.469. The highest BCUT2D eigenvalue weighted by Crippen LogP contribution is 2.32. The summed E-state index contributed by atoms with van der Waals surface area (Å²) in [5.74, 6) is -1.00. The summed E-state index contributed by atoms with van der Waals surface area (Å²) < 4.78 is 13.1. The van der Waals surface area contributed by atoms with Gasteiger partial charge in [0.2, 0.25) is 5.91 Å². The molecule has 0 spiro atoms. The zero-order valence-corrected chi connectivity index (χ0v) is 20.3. The predicted octanol–water partition coefficient (Wildman–Crippen LogP) is 4.96. The summed E-state index contributed by atoms with van der Waals surface area (Å²) in [4.78, 5) is 44.3. The summed E-state index contributed by atoms with van der Waals surface area (Å²) in [6, 6.07) is 13.7. The van der Waals surface area contributed by atoms with E-state index in [1.807, 2.05) is 38.1 Å². The molecule has 0 unspecified atom stereocenters. The zero-order valence-electron chi connectivity index (χ0n) is 18.6. The fourth-order valence-electron chi connectivity index (χ4n) is 3.44. The number of rotatable bonds is 7. The van der Waals surface area contributed by atoms with Gasteiger partial charge < -0.3 is 5.32 Å². The van der Waals surface area contributed by atoms with Crippen LogP contribution < -0.4 is 5.32 Å². The van der Waals surface area contributed by atoms with Crippen LogP contribution in [0, 0.1) is 19.7 Å². The van der Waals surface area contributed by atoms with Crippen LogP contribution in [-0.2, 0) is 16.0 Å². The number of aryl methyl sites for hydroxylation is 2. The van der Waals surface area contributed by atoms with E-state index in [2.05, 4.69) is 10.3 Å². The standard InChI is InChI=1S/C25H22FN3O3S2/c1-15-3-7-18(8-4-15)23-20(33-16(2)28-23)14-22(30)27-11-12-29-24(31)21(34-25(29)32)13-17-5-9-19(26)10-6-17/h3-10,13H,11-12,14H2,1-2H3,(H,27,30)/b21-13+. The predicted molar refractivity (Wildman–Crippen MR) is 133 cm³/mol. The first-order valence-electron chi connectivity index (χ1n) is 10.6. The number of benzene rings is 2. The molecule has 1 fully saturated rings. The fourth-order valence-corrected chi connectivity index (χ4v) is 5.27. The Labute approximate surface area is 204 Å². The second kappa shape index (κ2) is 10.3. The van der Waals surface area contributed by atoms with Gasteiger partial charge in [-0.1, -0.05) is 42.0 Å². The number of nitrogens with zero attached hydrogens (tertiary/aromatic N) is 2. The Morgan fingerprint density at radius 2 is 1.79 bits per heavy atom. The molecular weight excluding hydrogens is 473 g/mol. The number of thiazole rings is 1. The van der Waals surface area contributed by atoms with Crippen LogP contribution in [0.15, 0.2) is 53.4 Å². The highest BCUT2D eigenvalue weighted by Gasteiger charge is 2.34. The maximum Gasteiger partial charge on any atom is 0.293 e. The highest BCUT2D eigenvalue weighted by molar-refractivity contribution is 8.18. The van der Waals surface area contributed by atoms with Crippen molar-refractivity contribution in [1.82, 2.24) is 15.2 Å². The zero-order chi connectivity index (χ0) is 24.2. The van der Waals surface area contributed by atoms with E-state index in [1.54, 1.807) is 6.08 Å². The number of nitrogens with one attached hydrogen (secondary N) is 1. The number of amides is 3. The molecule has 0 aliphatic carbocycles. The van der Waals surface area contributed by atoms with Crippen LogP contribution in [0.3, 0.4) is 0 Å². The molecule has 3 amide bonds. The van der Waals surface area contributed by atoms with Crippen LogP contribution in [-0.4, -0.2) is 40.0 Å². The second-order valence-electron chi connectivity index (χ2n) is 7.78. The Bertz CT molecular complexity index is 1270. The molecule has 6 nitrogen and oxygen atoms in total. The van der Waals surface area contributed by atoms with Gasteiger partial charge in [0, 0.05) is 23.5 Å². The third kappa shape index (κ3) is 5.60. The topological polar surface area (TPSA) is 79.4 Å². The molecule has 1 aliphatic heterocycles. The van der Waals surface area contributed by atoms with Crippen molar-refractivity contribution in [2.45, 2.75) is 20.3 Å². The van der Waals surface area contributed by atoms with Crippen LogP contribution in [0.25, 0.3) is 17.3 Å². The molecule has 2 heterocycles. The summed E-state index contributed by atoms with van der Waals surface area (Å²) >= 11 is 2.31. The van der Waals surface area contributed by atoms with E-state index in [1.165, 1.54) is 35.6 Å². The number of carbonyl (C=O) groups is 3. The molecule has 2 aromatic carbocycles. The minimum absolute atomic E-state index is 0.0731. The Hall–Kier alpha value is -3.30. The average Bonchev–Trinajstić information content (AvgIpc) is 3.29. The van der Waals surface area contributed by atoms with Gasteiger partial charge in [-0.2, -0.15) is 0 Å². The summed E-state index contributed by atoms with van der Waals surface area (Å²) in [5, 5.41) is 3.27. The molecule has 1 saturated heterocycles. The van der Waals surface area contributed by atoms with Gasteiger partial charge in [0.15, 0.2) is 0 Å². The average molecular weight is 496 g/mol. The van der Waals surface area contributed by atoms with E-state index in [9.17, 15) is 18.8 Å². The highest BCUT2D eigenvalue weighted by atomic mass is 32.2. The molecule has 1 N–H and O–H groups in total. The van der Waals surface area contributed by atoms with E-state index < -0.39 is 11.1 Å². The van der Waals surface area contributed by atoms with Crippen LogP contribution in [0.1, 0.15) is 21.0 Å². The lowest BCUT2D eigenvalue weighted by atomic mass is 10.1. The number of carbonyl (C=O) groups excluding carboxylic acids is 3. The summed E-state index contributed by atoms with van der Waals surface area (Å²) in [5.41, 5.74) is 3.54. The fraction of sp³-hybridized carbons (Fsp3) is 0.200. The number of halogens is 1. The molecule has 4 rings (SSSR count). The van der Waals surface area contributed by atoms with Gasteiger partial charge in [0.25, 0.3) is 11.1 Å². The third-order valence-electron chi connectivity index (χ3n) is 5.15. The number of aromatic nitrogens is 1. The number of hydrogen-bond acceptors (Lipinski definition) is 6. The van der Waals surface area contributed by atoms with Crippen molar-refractivity contribution in [3.63, 3.8) is 0 Å². The van der Waals surface area contributed by atoms with E-state index in [0.29, 0.717) is 5.56 Å². The van der Waals surface area contributed by atoms with Crippen molar-refractivity contribution in [1.29, 1.82) is 0 Å². The smallest absolute Gasteiger partial charge is 0.293 e. The van der Waals surface area contributed by atoms with Crippen molar-refractivity contribution < 1.29 is 18.8 Å². The summed E-state index contributed by atoms with van der Waals surface area (Å²) in [6.45, 7) is 4.14. The van der Waals surface area contributed by atoms with Gasteiger partial charge in [0.1, 0.15) is 5.82 Å². The molecular formula is C25H22FN3O3S2. The number of thioether (sulfide) groups is 1. The number of hydrogen-bond donors (Lipinski definition) is 1. The summed E-state index contributed by atoms with van der Waals surface area (Å²) in [7, 11) is 0. The van der Waals surface area contributed by atoms with Crippen molar-refractivity contribution in [2.75, 3.05) is 13.1 Å². The van der Waals surface area contributed by atoms with Crippen LogP contribution in [0.4, 0.5) is 9.18 Å². The van der Waals surface area contributed by atoms with Crippen LogP contribution in [0.2, 0.25) is 0 Å². The van der Waals surface area contributed by atoms with Crippen molar-refractivity contribution in [3.05, 3.63) is 80.3 Å². The minimum atomic E-state index is -0.423. The Morgan fingerprint density at radius 1 is 1.09 bits per heavy atom. The lowest BCUT2D eigenvalue weighted by Crippen LogP contribution is -2.37. The van der Waals surface area contributed by atoms with E-state index in [-0.39, 0.29) is 36.1 Å². The molecule has 0 saturated carbocycles. The van der Waals surface area contributed by atoms with Crippen molar-refractivity contribution in [2.24, 2.45) is 0 Å². The van der Waals surface area contributed by atoms with Crippen molar-refractivity contribution >= 4 is 46.2 Å². The largest absolute Gasteiger partial charge is 0.354 e. The Balaban J connectivity index is 1.34. The molecule has 1 aliphatic rings. The van der Waals surface area contributed by atoms with E-state index >= 15 is 0 Å². The van der Waals surface area contributed by atoms with Crippen molar-refractivity contribution in [3.8, 4) is 11.3 Å². The molecule has 3 aromatic rings.